The molecular weight excluding hydrogens is 207 g/mol. The van der Waals surface area contributed by atoms with Gasteiger partial charge >= 0.3 is 18.2 Å². The predicted molar refractivity (Wildman–Crippen MR) is 45.5 cm³/mol. The van der Waals surface area contributed by atoms with Gasteiger partial charge in [0.2, 0.25) is 0 Å². The predicted octanol–water partition coefficient (Wildman–Crippen LogP) is 1.77. The van der Waals surface area contributed by atoms with Crippen molar-refractivity contribution in [1.29, 1.82) is 0 Å². The van der Waals surface area contributed by atoms with E-state index in [0.29, 0.717) is 0 Å². The second kappa shape index (κ2) is 3.69. The van der Waals surface area contributed by atoms with Crippen molar-refractivity contribution in [3.8, 4) is 0 Å². The molecule has 0 unspecified atom stereocenters. The summed E-state index contributed by atoms with van der Waals surface area (Å²) in [6.07, 6.45) is 0. The lowest BCUT2D eigenvalue weighted by molar-refractivity contribution is 0.635. The molecule has 0 N–H and O–H groups in total. The van der Waals surface area contributed by atoms with Crippen LogP contribution in [0.15, 0.2) is 18.2 Å². The second-order valence-corrected chi connectivity index (χ2v) is 4.94. The van der Waals surface area contributed by atoms with Crippen molar-refractivity contribution in [3.05, 3.63) is 29.6 Å². The summed E-state index contributed by atoms with van der Waals surface area (Å²) in [4.78, 5) is 0. The molecule has 10 heavy (non-hydrogen) atoms. The van der Waals surface area contributed by atoms with E-state index in [-0.39, 0.29) is 5.82 Å². The molecule has 0 heterocycles. The molecule has 0 saturated heterocycles. The Labute approximate surface area is 75.4 Å². The van der Waals surface area contributed by atoms with E-state index in [4.69, 9.17) is 0 Å². The molecule has 0 nitrogen and oxygen atoms in total. The van der Waals surface area contributed by atoms with Gasteiger partial charge in [0.1, 0.15) is 0 Å². The standard InChI is InChI=1S/C7H6F.BrH.Mg/c1-6-3-2-4-7(8)5-6;;/h2-3,5H,1H3;1H;/q;;+1/p-1. The maximum absolute atomic E-state index is 12.9. The van der Waals surface area contributed by atoms with E-state index >= 15 is 0 Å². The van der Waals surface area contributed by atoms with Crippen molar-refractivity contribution in [2.24, 2.45) is 0 Å². The van der Waals surface area contributed by atoms with Crippen LogP contribution in [0.4, 0.5) is 4.39 Å². The smallest absolute Gasteiger partial charge is 0.296 e. The van der Waals surface area contributed by atoms with E-state index in [1.54, 1.807) is 6.07 Å². The zero-order chi connectivity index (χ0) is 7.56. The summed E-state index contributed by atoms with van der Waals surface area (Å²) in [5, 5.41) is 0. The number of benzene rings is 1. The Morgan fingerprint density at radius 1 is 1.50 bits per heavy atom. The topological polar surface area (TPSA) is 0 Å². The van der Waals surface area contributed by atoms with Gasteiger partial charge in [-0.15, -0.1) is 3.69 Å². The summed E-state index contributed by atoms with van der Waals surface area (Å²) in [7, 11) is 0. The molecule has 3 heteroatoms. The number of hydrogen-bond acceptors (Lipinski definition) is 0. The largest absolute Gasteiger partial charge is 0.511 e. The monoisotopic (exact) mass is 212 g/mol. The first-order chi connectivity index (χ1) is 4.74. The third-order valence-corrected chi connectivity index (χ3v) is 4.03. The van der Waals surface area contributed by atoms with E-state index in [9.17, 15) is 4.39 Å². The van der Waals surface area contributed by atoms with E-state index in [1.807, 2.05) is 19.1 Å². The molecule has 0 aliphatic carbocycles. The molecule has 1 aromatic carbocycles. The molecule has 0 fully saturated rings. The Hall–Kier alpha value is 0.396. The zero-order valence-electron chi connectivity index (χ0n) is 5.70. The third-order valence-electron chi connectivity index (χ3n) is 1.35. The Balaban J connectivity index is 3.07. The van der Waals surface area contributed by atoms with Gasteiger partial charge in [-0.2, -0.15) is 0 Å². The number of rotatable bonds is 1. The molecule has 50 valence electrons. The average Bonchev–Trinajstić information content (AvgIpc) is 1.88. The van der Waals surface area contributed by atoms with Crippen LogP contribution in [0.2, 0.25) is 0 Å². The van der Waals surface area contributed by atoms with Crippen molar-refractivity contribution < 1.29 is 4.39 Å². The highest BCUT2D eigenvalue weighted by Crippen LogP contribution is 1.99. The molecule has 1 rings (SSSR count). The average molecular weight is 213 g/mol. The highest BCUT2D eigenvalue weighted by Gasteiger charge is 2.01. The van der Waals surface area contributed by atoms with Crippen molar-refractivity contribution in [2.45, 2.75) is 6.92 Å². The lowest BCUT2D eigenvalue weighted by Crippen LogP contribution is -2.12. The molecular formula is C7H6BrFMg. The first-order valence-electron chi connectivity index (χ1n) is 3.05. The van der Waals surface area contributed by atoms with Crippen molar-refractivity contribution >= 4 is 34.8 Å². The maximum atomic E-state index is 12.9. The van der Waals surface area contributed by atoms with Gasteiger partial charge in [-0.25, -0.2) is 4.39 Å². The van der Waals surface area contributed by atoms with Crippen LogP contribution in [0.25, 0.3) is 0 Å². The van der Waals surface area contributed by atoms with Gasteiger partial charge in [0, 0.05) is 0 Å². The fraction of sp³-hybridized carbons (Fsp3) is 0.143. The van der Waals surface area contributed by atoms with Crippen molar-refractivity contribution in [2.75, 3.05) is 0 Å². The van der Waals surface area contributed by atoms with Crippen LogP contribution in [0, 0.1) is 12.7 Å². The first-order valence-corrected chi connectivity index (χ1v) is 7.65. The Bertz CT molecular complexity index is 237. The first kappa shape index (κ1) is 8.49. The van der Waals surface area contributed by atoms with E-state index < -0.39 is 18.2 Å². The molecule has 0 aromatic heterocycles. The molecule has 0 aliphatic rings. The van der Waals surface area contributed by atoms with Crippen LogP contribution in [0.3, 0.4) is 0 Å². The minimum atomic E-state index is -0.516. The Kier molecular flexibility index (Phi) is 3.13. The Morgan fingerprint density at radius 3 is 2.70 bits per heavy atom. The van der Waals surface area contributed by atoms with Gasteiger partial charge in [-0.1, -0.05) is 12.1 Å². The molecule has 0 saturated carbocycles. The normalized spacial score (nSPS) is 9.10. The molecule has 0 atom stereocenters. The highest BCUT2D eigenvalue weighted by molar-refractivity contribution is 9.23. The third kappa shape index (κ3) is 1.94. The lowest BCUT2D eigenvalue weighted by Gasteiger charge is -1.98. The van der Waals surface area contributed by atoms with Crippen molar-refractivity contribution in [3.63, 3.8) is 0 Å². The van der Waals surface area contributed by atoms with Crippen LogP contribution in [0.1, 0.15) is 5.56 Å². The number of hydrogen-bond donors (Lipinski definition) is 0. The molecule has 0 radical (unpaired) electrons. The fourth-order valence-electron chi connectivity index (χ4n) is 0.761. The van der Waals surface area contributed by atoms with Gasteiger partial charge in [-0.3, -0.25) is 12.9 Å². The van der Waals surface area contributed by atoms with Crippen LogP contribution < -0.4 is 3.69 Å². The lowest BCUT2D eigenvalue weighted by atomic mass is 10.2. The van der Waals surface area contributed by atoms with Gasteiger partial charge in [0.05, 0.1) is 5.82 Å². The molecule has 1 aromatic rings. The van der Waals surface area contributed by atoms with Crippen molar-refractivity contribution in [1.82, 2.24) is 0 Å². The van der Waals surface area contributed by atoms with Crippen LogP contribution in [-0.2, 0) is 0 Å². The summed E-state index contributed by atoms with van der Waals surface area (Å²) in [5.41, 5.74) is 0.983. The quantitative estimate of drug-likeness (QED) is 0.624. The number of halogens is 2. The minimum Gasteiger partial charge on any atom is -0.296 e. The summed E-state index contributed by atoms with van der Waals surface area (Å²) in [6, 6.07) is 5.36. The van der Waals surface area contributed by atoms with Gasteiger partial charge in [-0.05, 0) is 18.6 Å². The van der Waals surface area contributed by atoms with Crippen LogP contribution in [0.5, 0.6) is 0 Å². The summed E-state index contributed by atoms with van der Waals surface area (Å²) >= 11 is 2.82. The van der Waals surface area contributed by atoms with Gasteiger partial charge in [0.15, 0.2) is 0 Å². The minimum absolute atomic E-state index is 0.0662. The summed E-state index contributed by atoms with van der Waals surface area (Å²) in [5.74, 6) is -0.0662. The van der Waals surface area contributed by atoms with Gasteiger partial charge in [0.25, 0.3) is 0 Å². The fourth-order valence-corrected chi connectivity index (χ4v) is 2.56. The van der Waals surface area contributed by atoms with Crippen LogP contribution in [-0.4, -0.2) is 18.2 Å². The van der Waals surface area contributed by atoms with E-state index in [2.05, 4.69) is 12.9 Å². The van der Waals surface area contributed by atoms with E-state index in [1.165, 1.54) is 0 Å². The zero-order valence-corrected chi connectivity index (χ0v) is 8.70. The SMILES string of the molecule is Cc1cc[c]([Mg][Br])c(F)c1. The molecule has 0 spiro atoms. The second-order valence-electron chi connectivity index (χ2n) is 2.23. The summed E-state index contributed by atoms with van der Waals surface area (Å²) < 4.78 is 13.7. The number of aryl methyl sites for hydroxylation is 1. The van der Waals surface area contributed by atoms with Crippen LogP contribution >= 0.6 is 12.9 Å². The highest BCUT2D eigenvalue weighted by atomic mass is 79.9. The summed E-state index contributed by atoms with van der Waals surface area (Å²) in [6.45, 7) is 1.89. The van der Waals surface area contributed by atoms with Gasteiger partial charge < -0.3 is 0 Å². The molecule has 0 bridgehead atoms. The molecule has 0 amide bonds. The Morgan fingerprint density at radius 2 is 2.20 bits per heavy atom. The maximum Gasteiger partial charge on any atom is 0.511 e. The van der Waals surface area contributed by atoms with E-state index in [0.717, 1.165) is 9.26 Å². The molecule has 0 aliphatic heterocycles.